The van der Waals surface area contributed by atoms with Gasteiger partial charge >= 0.3 is 0 Å². The van der Waals surface area contributed by atoms with Gasteiger partial charge in [-0.3, -0.25) is 4.79 Å². The quantitative estimate of drug-likeness (QED) is 0.875. The van der Waals surface area contributed by atoms with Crippen molar-refractivity contribution in [1.82, 2.24) is 0 Å². The van der Waals surface area contributed by atoms with E-state index in [-0.39, 0.29) is 10.8 Å². The molecule has 6 heteroatoms. The number of carbonyl (C=O) groups excluding carboxylic acids is 1. The molecule has 0 aromatic heterocycles. The van der Waals surface area contributed by atoms with Crippen LogP contribution < -0.4 is 10.9 Å². The van der Waals surface area contributed by atoms with Crippen LogP contribution in [0.15, 0.2) is 29.2 Å². The zero-order chi connectivity index (χ0) is 14.8. The minimum atomic E-state index is -3.68. The lowest BCUT2D eigenvalue weighted by atomic mass is 9.70. The highest BCUT2D eigenvalue weighted by atomic mass is 32.2. The molecular formula is C14H20N2O3S. The molecule has 0 spiro atoms. The zero-order valence-electron chi connectivity index (χ0n) is 11.3. The third-order valence-corrected chi connectivity index (χ3v) is 5.06. The van der Waals surface area contributed by atoms with Crippen LogP contribution in [0.25, 0.3) is 0 Å². The fourth-order valence-electron chi connectivity index (χ4n) is 2.93. The second kappa shape index (κ2) is 5.54. The monoisotopic (exact) mass is 296 g/mol. The molecule has 1 aliphatic rings. The first-order valence-electron chi connectivity index (χ1n) is 6.75. The van der Waals surface area contributed by atoms with Crippen LogP contribution in [0.1, 0.15) is 37.7 Å². The van der Waals surface area contributed by atoms with E-state index in [9.17, 15) is 13.2 Å². The van der Waals surface area contributed by atoms with Crippen LogP contribution in [-0.2, 0) is 21.2 Å². The second-order valence-electron chi connectivity index (χ2n) is 5.57. The molecule has 1 aromatic rings. The molecule has 0 bridgehead atoms. The summed E-state index contributed by atoms with van der Waals surface area (Å²) in [6.45, 7) is 0. The van der Waals surface area contributed by atoms with E-state index < -0.39 is 15.4 Å². The molecule has 0 unspecified atom stereocenters. The number of nitrogens with two attached hydrogens (primary N) is 2. The SMILES string of the molecule is NC(=O)C1(Cc2ccc(S(N)(=O)=O)cc2)CCCCC1. The molecule has 4 N–H and O–H groups in total. The molecule has 2 rings (SSSR count). The molecule has 1 saturated carbocycles. The van der Waals surface area contributed by atoms with Crippen molar-refractivity contribution in [2.24, 2.45) is 16.3 Å². The molecule has 5 nitrogen and oxygen atoms in total. The fourth-order valence-corrected chi connectivity index (χ4v) is 3.44. The average Bonchev–Trinajstić information content (AvgIpc) is 2.39. The third-order valence-electron chi connectivity index (χ3n) is 4.13. The van der Waals surface area contributed by atoms with Crippen molar-refractivity contribution in [1.29, 1.82) is 0 Å². The second-order valence-corrected chi connectivity index (χ2v) is 7.13. The van der Waals surface area contributed by atoms with Crippen molar-refractivity contribution in [3.8, 4) is 0 Å². The molecule has 1 aromatic carbocycles. The number of carbonyl (C=O) groups is 1. The van der Waals surface area contributed by atoms with Gasteiger partial charge in [-0.25, -0.2) is 13.6 Å². The third kappa shape index (κ3) is 3.19. The number of rotatable bonds is 4. The van der Waals surface area contributed by atoms with Crippen molar-refractivity contribution in [3.05, 3.63) is 29.8 Å². The Morgan fingerprint density at radius 3 is 2.10 bits per heavy atom. The number of sulfonamides is 1. The predicted molar refractivity (Wildman–Crippen MR) is 76.2 cm³/mol. The minimum Gasteiger partial charge on any atom is -0.369 e. The molecule has 0 radical (unpaired) electrons. The summed E-state index contributed by atoms with van der Waals surface area (Å²) in [5.41, 5.74) is 6.02. The van der Waals surface area contributed by atoms with Crippen molar-refractivity contribution >= 4 is 15.9 Å². The van der Waals surface area contributed by atoms with Crippen LogP contribution in [-0.4, -0.2) is 14.3 Å². The van der Waals surface area contributed by atoms with E-state index in [0.29, 0.717) is 6.42 Å². The van der Waals surface area contributed by atoms with E-state index in [2.05, 4.69) is 0 Å². The van der Waals surface area contributed by atoms with Gasteiger partial charge in [0.2, 0.25) is 15.9 Å². The molecule has 0 atom stereocenters. The maximum atomic E-state index is 11.8. The Balaban J connectivity index is 2.21. The Bertz CT molecular complexity index is 587. The van der Waals surface area contributed by atoms with Crippen LogP contribution in [0.5, 0.6) is 0 Å². The van der Waals surface area contributed by atoms with Crippen LogP contribution in [0.4, 0.5) is 0 Å². The molecule has 20 heavy (non-hydrogen) atoms. The summed E-state index contributed by atoms with van der Waals surface area (Å²) in [6.07, 6.45) is 5.33. The van der Waals surface area contributed by atoms with E-state index in [1.54, 1.807) is 12.1 Å². The average molecular weight is 296 g/mol. The molecule has 0 aliphatic heterocycles. The van der Waals surface area contributed by atoms with Gasteiger partial charge in [-0.2, -0.15) is 0 Å². The van der Waals surface area contributed by atoms with Crippen LogP contribution in [0, 0.1) is 5.41 Å². The molecule has 0 saturated heterocycles. The highest BCUT2D eigenvalue weighted by Gasteiger charge is 2.37. The van der Waals surface area contributed by atoms with E-state index in [1.807, 2.05) is 0 Å². The lowest BCUT2D eigenvalue weighted by Crippen LogP contribution is -2.40. The van der Waals surface area contributed by atoms with Gasteiger partial charge in [-0.15, -0.1) is 0 Å². The Hall–Kier alpha value is -1.40. The summed E-state index contributed by atoms with van der Waals surface area (Å²) >= 11 is 0. The molecular weight excluding hydrogens is 276 g/mol. The maximum Gasteiger partial charge on any atom is 0.238 e. The summed E-state index contributed by atoms with van der Waals surface area (Å²) in [5.74, 6) is -0.257. The van der Waals surface area contributed by atoms with Gasteiger partial charge in [0.05, 0.1) is 10.3 Å². The number of hydrogen-bond donors (Lipinski definition) is 2. The highest BCUT2D eigenvalue weighted by molar-refractivity contribution is 7.89. The number of hydrogen-bond acceptors (Lipinski definition) is 3. The summed E-state index contributed by atoms with van der Waals surface area (Å²) in [6, 6.07) is 6.36. The Morgan fingerprint density at radius 2 is 1.65 bits per heavy atom. The van der Waals surface area contributed by atoms with Crippen molar-refractivity contribution in [2.45, 2.75) is 43.4 Å². The molecule has 1 fully saturated rings. The fraction of sp³-hybridized carbons (Fsp3) is 0.500. The van der Waals surface area contributed by atoms with Gasteiger partial charge in [0.1, 0.15) is 0 Å². The van der Waals surface area contributed by atoms with Gasteiger partial charge < -0.3 is 5.73 Å². The van der Waals surface area contributed by atoms with Crippen LogP contribution in [0.3, 0.4) is 0 Å². The number of benzene rings is 1. The van der Waals surface area contributed by atoms with Crippen LogP contribution >= 0.6 is 0 Å². The largest absolute Gasteiger partial charge is 0.369 e. The van der Waals surface area contributed by atoms with Crippen LogP contribution in [0.2, 0.25) is 0 Å². The first kappa shape index (κ1) is 15.0. The summed E-state index contributed by atoms with van der Waals surface area (Å²) in [4.78, 5) is 11.9. The molecule has 1 aliphatic carbocycles. The van der Waals surface area contributed by atoms with Crippen molar-refractivity contribution < 1.29 is 13.2 Å². The van der Waals surface area contributed by atoms with E-state index in [1.165, 1.54) is 12.1 Å². The Kier molecular flexibility index (Phi) is 4.15. The topological polar surface area (TPSA) is 103 Å². The van der Waals surface area contributed by atoms with Gasteiger partial charge in [-0.05, 0) is 37.0 Å². The Labute approximate surface area is 119 Å². The first-order chi connectivity index (χ1) is 9.33. The predicted octanol–water partition coefficient (Wildman–Crippen LogP) is 1.31. The smallest absolute Gasteiger partial charge is 0.238 e. The maximum absolute atomic E-state index is 11.8. The molecule has 110 valence electrons. The van der Waals surface area contributed by atoms with E-state index >= 15 is 0 Å². The Morgan fingerprint density at radius 1 is 1.10 bits per heavy atom. The number of amides is 1. The number of primary sulfonamides is 1. The van der Waals surface area contributed by atoms with Crippen molar-refractivity contribution in [2.75, 3.05) is 0 Å². The van der Waals surface area contributed by atoms with Crippen molar-refractivity contribution in [3.63, 3.8) is 0 Å². The zero-order valence-corrected chi connectivity index (χ0v) is 12.2. The van der Waals surface area contributed by atoms with Gasteiger partial charge in [0.25, 0.3) is 0 Å². The lowest BCUT2D eigenvalue weighted by molar-refractivity contribution is -0.129. The summed E-state index contributed by atoms with van der Waals surface area (Å²) in [5, 5.41) is 5.06. The highest BCUT2D eigenvalue weighted by Crippen LogP contribution is 2.39. The van der Waals surface area contributed by atoms with E-state index in [4.69, 9.17) is 10.9 Å². The summed E-state index contributed by atoms with van der Waals surface area (Å²) < 4.78 is 22.4. The number of primary amides is 1. The molecule has 1 amide bonds. The minimum absolute atomic E-state index is 0.0815. The van der Waals surface area contributed by atoms with Gasteiger partial charge in [-0.1, -0.05) is 31.4 Å². The normalized spacial score (nSPS) is 18.6. The van der Waals surface area contributed by atoms with Gasteiger partial charge in [0.15, 0.2) is 0 Å². The standard InChI is InChI=1S/C14H20N2O3S/c15-13(17)14(8-2-1-3-9-14)10-11-4-6-12(7-5-11)20(16,18)19/h4-7H,1-3,8-10H2,(H2,15,17)(H2,16,18,19). The summed E-state index contributed by atoms with van der Waals surface area (Å²) in [7, 11) is -3.68. The first-order valence-corrected chi connectivity index (χ1v) is 8.30. The van der Waals surface area contributed by atoms with E-state index in [0.717, 1.165) is 37.7 Å². The lowest BCUT2D eigenvalue weighted by Gasteiger charge is -2.34. The van der Waals surface area contributed by atoms with Gasteiger partial charge in [0, 0.05) is 0 Å². The molecule has 0 heterocycles.